The minimum atomic E-state index is -0.459. The van der Waals surface area contributed by atoms with Crippen LogP contribution in [0.4, 0.5) is 0 Å². The number of hydrogen-bond donors (Lipinski definition) is 1. The molecule has 1 aromatic carbocycles. The molecule has 0 aliphatic carbocycles. The largest absolute Gasteiger partial charge is 0.488 e. The van der Waals surface area contributed by atoms with Crippen molar-refractivity contribution in [3.8, 4) is 11.6 Å². The molecule has 0 fully saturated rings. The Kier molecular flexibility index (Phi) is 5.65. The predicted octanol–water partition coefficient (Wildman–Crippen LogP) is 2.58. The van der Waals surface area contributed by atoms with Crippen molar-refractivity contribution in [2.75, 3.05) is 27.4 Å². The lowest BCUT2D eigenvalue weighted by Crippen LogP contribution is -2.22. The van der Waals surface area contributed by atoms with Gasteiger partial charge in [0.1, 0.15) is 17.4 Å². The van der Waals surface area contributed by atoms with Crippen molar-refractivity contribution in [2.45, 2.75) is 13.2 Å². The van der Waals surface area contributed by atoms with Gasteiger partial charge in [-0.15, -0.1) is 0 Å². The van der Waals surface area contributed by atoms with Gasteiger partial charge in [0.05, 0.1) is 12.1 Å². The van der Waals surface area contributed by atoms with Crippen molar-refractivity contribution in [3.05, 3.63) is 33.4 Å². The summed E-state index contributed by atoms with van der Waals surface area (Å²) in [5.74, 6) is 0.831. The van der Waals surface area contributed by atoms with E-state index in [0.29, 0.717) is 23.3 Å². The van der Waals surface area contributed by atoms with Crippen molar-refractivity contribution >= 4 is 22.5 Å². The standard InChI is InChI=1S/C15H18ClNO5/c1-4-21-15-13(16)14(18)10-6-5-9(7-11(10)17-15)22-8-12(19-2)20-3/h5-7,12H,4,8H2,1-3H3,(H,17,18). The molecule has 0 saturated carbocycles. The summed E-state index contributed by atoms with van der Waals surface area (Å²) in [4.78, 5) is 15.2. The van der Waals surface area contributed by atoms with E-state index in [1.54, 1.807) is 18.2 Å². The van der Waals surface area contributed by atoms with E-state index in [4.69, 9.17) is 30.5 Å². The summed E-state index contributed by atoms with van der Waals surface area (Å²) in [6.07, 6.45) is -0.459. The minimum absolute atomic E-state index is 0.0434. The zero-order valence-electron chi connectivity index (χ0n) is 12.6. The maximum absolute atomic E-state index is 12.2. The van der Waals surface area contributed by atoms with Gasteiger partial charge in [-0.25, -0.2) is 0 Å². The Labute approximate surface area is 132 Å². The van der Waals surface area contributed by atoms with Crippen LogP contribution in [-0.4, -0.2) is 38.7 Å². The zero-order chi connectivity index (χ0) is 16.1. The van der Waals surface area contributed by atoms with Gasteiger partial charge in [-0.1, -0.05) is 11.6 Å². The Balaban J connectivity index is 2.33. The number of aromatic nitrogens is 1. The molecule has 1 aromatic heterocycles. The predicted molar refractivity (Wildman–Crippen MR) is 84.0 cm³/mol. The highest BCUT2D eigenvalue weighted by Crippen LogP contribution is 2.24. The average Bonchev–Trinajstić information content (AvgIpc) is 2.53. The average molecular weight is 328 g/mol. The fourth-order valence-electron chi connectivity index (χ4n) is 1.95. The lowest BCUT2D eigenvalue weighted by Gasteiger charge is -2.15. The number of fused-ring (bicyclic) bond motifs is 1. The number of hydrogen-bond acceptors (Lipinski definition) is 5. The number of halogens is 1. The number of aromatic amines is 1. The molecule has 0 saturated heterocycles. The Morgan fingerprint density at radius 3 is 2.59 bits per heavy atom. The molecule has 0 unspecified atom stereocenters. The lowest BCUT2D eigenvalue weighted by atomic mass is 10.2. The molecule has 22 heavy (non-hydrogen) atoms. The normalized spacial score (nSPS) is 11.1. The summed E-state index contributed by atoms with van der Waals surface area (Å²) in [6, 6.07) is 5.05. The highest BCUT2D eigenvalue weighted by molar-refractivity contribution is 6.32. The summed E-state index contributed by atoms with van der Waals surface area (Å²) < 4.78 is 21.0. The molecule has 1 N–H and O–H groups in total. The monoisotopic (exact) mass is 327 g/mol. The van der Waals surface area contributed by atoms with Gasteiger partial charge < -0.3 is 23.9 Å². The number of nitrogens with one attached hydrogen (secondary N) is 1. The van der Waals surface area contributed by atoms with Crippen molar-refractivity contribution in [3.63, 3.8) is 0 Å². The first kappa shape index (κ1) is 16.6. The second-order valence-corrected chi connectivity index (χ2v) is 4.83. The van der Waals surface area contributed by atoms with Crippen molar-refractivity contribution in [2.24, 2.45) is 0 Å². The van der Waals surface area contributed by atoms with Gasteiger partial charge >= 0.3 is 0 Å². The van der Waals surface area contributed by atoms with Crippen LogP contribution in [0.3, 0.4) is 0 Å². The molecular weight excluding hydrogens is 310 g/mol. The van der Waals surface area contributed by atoms with Crippen molar-refractivity contribution < 1.29 is 18.9 Å². The van der Waals surface area contributed by atoms with Crippen LogP contribution in [0.25, 0.3) is 10.9 Å². The molecule has 0 radical (unpaired) electrons. The summed E-state index contributed by atoms with van der Waals surface area (Å²) in [5, 5.41) is 0.512. The number of benzene rings is 1. The Hall–Kier alpha value is -1.76. The Morgan fingerprint density at radius 2 is 1.95 bits per heavy atom. The topological polar surface area (TPSA) is 69.8 Å². The molecule has 6 nitrogen and oxygen atoms in total. The van der Waals surface area contributed by atoms with Gasteiger partial charge in [0, 0.05) is 25.7 Å². The second kappa shape index (κ2) is 7.49. The van der Waals surface area contributed by atoms with Gasteiger partial charge in [0.15, 0.2) is 6.29 Å². The van der Waals surface area contributed by atoms with Crippen LogP contribution < -0.4 is 14.9 Å². The molecule has 0 spiro atoms. The molecule has 0 atom stereocenters. The molecule has 0 bridgehead atoms. The summed E-state index contributed by atoms with van der Waals surface area (Å²) in [7, 11) is 3.07. The van der Waals surface area contributed by atoms with E-state index in [-0.39, 0.29) is 22.9 Å². The fourth-order valence-corrected chi connectivity index (χ4v) is 2.16. The first-order chi connectivity index (χ1) is 10.6. The Bertz CT molecular complexity index is 696. The number of pyridine rings is 1. The quantitative estimate of drug-likeness (QED) is 0.791. The van der Waals surface area contributed by atoms with Crippen molar-refractivity contribution in [1.29, 1.82) is 0 Å². The van der Waals surface area contributed by atoms with E-state index in [1.165, 1.54) is 14.2 Å². The third-order valence-corrected chi connectivity index (χ3v) is 3.43. The third kappa shape index (κ3) is 3.52. The van der Waals surface area contributed by atoms with Crippen LogP contribution >= 0.6 is 11.6 Å². The molecule has 7 heteroatoms. The summed E-state index contributed by atoms with van der Waals surface area (Å²) in [5.41, 5.74) is 0.304. The van der Waals surface area contributed by atoms with Gasteiger partial charge in [-0.05, 0) is 19.1 Å². The molecule has 2 aromatic rings. The van der Waals surface area contributed by atoms with E-state index in [2.05, 4.69) is 4.98 Å². The number of ether oxygens (including phenoxy) is 4. The second-order valence-electron chi connectivity index (χ2n) is 4.45. The maximum Gasteiger partial charge on any atom is 0.214 e. The first-order valence-corrected chi connectivity index (χ1v) is 7.15. The minimum Gasteiger partial charge on any atom is -0.488 e. The highest BCUT2D eigenvalue weighted by atomic mass is 35.5. The van der Waals surface area contributed by atoms with Crippen LogP contribution in [-0.2, 0) is 9.47 Å². The molecule has 0 amide bonds. The van der Waals surface area contributed by atoms with Gasteiger partial charge in [-0.3, -0.25) is 4.79 Å². The maximum atomic E-state index is 12.2. The van der Waals surface area contributed by atoms with E-state index in [1.807, 2.05) is 6.92 Å². The number of methoxy groups -OCH3 is 2. The van der Waals surface area contributed by atoms with Crippen LogP contribution in [0, 0.1) is 0 Å². The van der Waals surface area contributed by atoms with Crippen LogP contribution in [0.1, 0.15) is 6.92 Å². The van der Waals surface area contributed by atoms with Gasteiger partial charge in [-0.2, -0.15) is 0 Å². The van der Waals surface area contributed by atoms with E-state index < -0.39 is 6.29 Å². The van der Waals surface area contributed by atoms with Crippen LogP contribution in [0.2, 0.25) is 5.02 Å². The van der Waals surface area contributed by atoms with Crippen molar-refractivity contribution in [1.82, 2.24) is 4.98 Å². The highest BCUT2D eigenvalue weighted by Gasteiger charge is 2.12. The molecular formula is C15H18ClNO5. The molecule has 2 rings (SSSR count). The molecule has 120 valence electrons. The third-order valence-electron chi connectivity index (χ3n) is 3.08. The van der Waals surface area contributed by atoms with E-state index >= 15 is 0 Å². The Morgan fingerprint density at radius 1 is 1.23 bits per heavy atom. The smallest absolute Gasteiger partial charge is 0.214 e. The molecule has 0 aliphatic heterocycles. The number of rotatable bonds is 7. The summed E-state index contributed by atoms with van der Waals surface area (Å²) >= 11 is 6.00. The van der Waals surface area contributed by atoms with E-state index in [9.17, 15) is 4.79 Å². The lowest BCUT2D eigenvalue weighted by molar-refractivity contribution is -0.121. The fraction of sp³-hybridized carbons (Fsp3) is 0.400. The zero-order valence-corrected chi connectivity index (χ0v) is 13.4. The van der Waals surface area contributed by atoms with E-state index in [0.717, 1.165) is 0 Å². The molecule has 0 aliphatic rings. The van der Waals surface area contributed by atoms with Crippen LogP contribution in [0.5, 0.6) is 11.6 Å². The first-order valence-electron chi connectivity index (χ1n) is 6.77. The SMILES string of the molecule is CCOc1[nH]c2cc(OCC(OC)OC)ccc2c(=O)c1Cl. The number of H-pyrrole nitrogens is 1. The summed E-state index contributed by atoms with van der Waals surface area (Å²) in [6.45, 7) is 2.45. The van der Waals surface area contributed by atoms with Gasteiger partial charge in [0.2, 0.25) is 11.3 Å². The van der Waals surface area contributed by atoms with Gasteiger partial charge in [0.25, 0.3) is 0 Å². The van der Waals surface area contributed by atoms with Crippen LogP contribution in [0.15, 0.2) is 23.0 Å². The molecule has 1 heterocycles.